The minimum Gasteiger partial charge on any atom is -0.484 e. The summed E-state index contributed by atoms with van der Waals surface area (Å²) in [5, 5.41) is 7.87. The van der Waals surface area contributed by atoms with E-state index >= 15 is 0 Å². The highest BCUT2D eigenvalue weighted by atomic mass is 32.2. The van der Waals surface area contributed by atoms with Gasteiger partial charge >= 0.3 is 0 Å². The van der Waals surface area contributed by atoms with E-state index in [-0.39, 0.29) is 34.8 Å². The van der Waals surface area contributed by atoms with Crippen molar-refractivity contribution in [1.82, 2.24) is 10.2 Å². The Labute approximate surface area is 152 Å². The van der Waals surface area contributed by atoms with Gasteiger partial charge in [0.1, 0.15) is 5.75 Å². The number of benzene rings is 2. The summed E-state index contributed by atoms with van der Waals surface area (Å²) in [6, 6.07) is 10.6. The molecule has 3 rings (SSSR count). The van der Waals surface area contributed by atoms with Crippen LogP contribution in [0.3, 0.4) is 0 Å². The van der Waals surface area contributed by atoms with Gasteiger partial charge in [0.25, 0.3) is 11.1 Å². The first-order valence-electron chi connectivity index (χ1n) is 7.64. The molecule has 1 heterocycles. The Bertz CT molecular complexity index is 930. The molecule has 0 aliphatic heterocycles. The molecule has 8 heteroatoms. The zero-order valence-electron chi connectivity index (χ0n) is 13.7. The number of ketones is 1. The monoisotopic (exact) mass is 376 g/mol. The van der Waals surface area contributed by atoms with Gasteiger partial charge in [-0.2, -0.15) is 0 Å². The number of Topliss-reactive ketones (excluding diaryl/α,β-unsaturated/α-hetero) is 1. The van der Waals surface area contributed by atoms with E-state index in [0.717, 1.165) is 29.5 Å². The fraction of sp³-hybridized carbons (Fsp3) is 0.167. The van der Waals surface area contributed by atoms with Gasteiger partial charge in [0.05, 0.1) is 5.75 Å². The van der Waals surface area contributed by atoms with Crippen molar-refractivity contribution in [2.75, 3.05) is 5.75 Å². The molecule has 0 aliphatic rings. The van der Waals surface area contributed by atoms with Crippen LogP contribution in [0, 0.1) is 18.6 Å². The molecule has 1 aromatic heterocycles. The summed E-state index contributed by atoms with van der Waals surface area (Å²) in [5.74, 6) is -1.51. The van der Waals surface area contributed by atoms with Crippen molar-refractivity contribution in [3.63, 3.8) is 0 Å². The molecular weight excluding hydrogens is 362 g/mol. The van der Waals surface area contributed by atoms with Crippen LogP contribution in [-0.4, -0.2) is 21.7 Å². The van der Waals surface area contributed by atoms with Crippen molar-refractivity contribution in [3.8, 4) is 5.75 Å². The van der Waals surface area contributed by atoms with E-state index < -0.39 is 11.6 Å². The van der Waals surface area contributed by atoms with Crippen molar-refractivity contribution in [3.05, 3.63) is 71.1 Å². The van der Waals surface area contributed by atoms with Gasteiger partial charge in [-0.3, -0.25) is 4.79 Å². The molecule has 26 heavy (non-hydrogen) atoms. The number of carbonyl (C=O) groups excluding carboxylic acids is 1. The summed E-state index contributed by atoms with van der Waals surface area (Å²) in [7, 11) is 0. The van der Waals surface area contributed by atoms with E-state index in [1.165, 1.54) is 6.07 Å². The van der Waals surface area contributed by atoms with Crippen LogP contribution in [0.1, 0.15) is 21.8 Å². The second-order valence-electron chi connectivity index (χ2n) is 5.41. The molecule has 0 unspecified atom stereocenters. The topological polar surface area (TPSA) is 65.2 Å². The average Bonchev–Trinajstić information content (AvgIpc) is 3.08. The number of rotatable bonds is 7. The highest BCUT2D eigenvalue weighted by Crippen LogP contribution is 2.20. The molecule has 0 radical (unpaired) electrons. The second kappa shape index (κ2) is 8.09. The fourth-order valence-electron chi connectivity index (χ4n) is 2.09. The van der Waals surface area contributed by atoms with Crippen LogP contribution < -0.4 is 4.74 Å². The Morgan fingerprint density at radius 1 is 1.15 bits per heavy atom. The molecule has 0 spiro atoms. The maximum Gasteiger partial charge on any atom is 0.277 e. The van der Waals surface area contributed by atoms with E-state index in [9.17, 15) is 13.6 Å². The number of nitrogens with zero attached hydrogens (tertiary/aromatic N) is 2. The van der Waals surface area contributed by atoms with Gasteiger partial charge < -0.3 is 9.15 Å². The van der Waals surface area contributed by atoms with Crippen LogP contribution in [0.15, 0.2) is 52.1 Å². The average molecular weight is 376 g/mol. The Morgan fingerprint density at radius 3 is 2.77 bits per heavy atom. The number of hydrogen-bond acceptors (Lipinski definition) is 6. The maximum absolute atomic E-state index is 13.2. The first kappa shape index (κ1) is 18.1. The van der Waals surface area contributed by atoms with E-state index in [1.54, 1.807) is 0 Å². The molecule has 0 saturated carbocycles. The summed E-state index contributed by atoms with van der Waals surface area (Å²) in [5.41, 5.74) is 1.15. The predicted octanol–water partition coefficient (Wildman–Crippen LogP) is 4.21. The molecule has 0 atom stereocenters. The number of aryl methyl sites for hydroxylation is 1. The van der Waals surface area contributed by atoms with Gasteiger partial charge in [-0.1, -0.05) is 23.9 Å². The minimum atomic E-state index is -1.06. The second-order valence-corrected chi connectivity index (χ2v) is 6.33. The third kappa shape index (κ3) is 4.66. The molecular formula is C18H14F2N2O3S. The quantitative estimate of drug-likeness (QED) is 0.455. The largest absolute Gasteiger partial charge is 0.484 e. The van der Waals surface area contributed by atoms with Crippen molar-refractivity contribution in [2.24, 2.45) is 0 Å². The smallest absolute Gasteiger partial charge is 0.277 e. The zero-order chi connectivity index (χ0) is 18.5. The SMILES string of the molecule is Cc1cccc(OCc2nnc(SCC(=O)c3ccc(F)c(F)c3)o2)c1. The number of ether oxygens (including phenoxy) is 1. The molecule has 0 fully saturated rings. The van der Waals surface area contributed by atoms with Crippen LogP contribution in [0.5, 0.6) is 5.75 Å². The third-order valence-corrected chi connectivity index (χ3v) is 4.19. The summed E-state index contributed by atoms with van der Waals surface area (Å²) in [6.07, 6.45) is 0. The Hall–Kier alpha value is -2.74. The number of carbonyl (C=O) groups is 1. The third-order valence-electron chi connectivity index (χ3n) is 3.37. The summed E-state index contributed by atoms with van der Waals surface area (Å²) >= 11 is 1.02. The van der Waals surface area contributed by atoms with Crippen molar-refractivity contribution < 1.29 is 22.7 Å². The molecule has 2 aromatic carbocycles. The lowest BCUT2D eigenvalue weighted by Crippen LogP contribution is -2.03. The molecule has 3 aromatic rings. The van der Waals surface area contributed by atoms with Gasteiger partial charge in [-0.05, 0) is 42.8 Å². The van der Waals surface area contributed by atoms with Crippen LogP contribution in [0.4, 0.5) is 8.78 Å². The lowest BCUT2D eigenvalue weighted by molar-refractivity contribution is 0.102. The summed E-state index contributed by atoms with van der Waals surface area (Å²) in [4.78, 5) is 12.0. The molecule has 0 saturated heterocycles. The standard InChI is InChI=1S/C18H14F2N2O3S/c1-11-3-2-4-13(7-11)24-9-17-21-22-18(25-17)26-10-16(23)12-5-6-14(19)15(20)8-12/h2-8H,9-10H2,1H3. The van der Waals surface area contributed by atoms with E-state index in [4.69, 9.17) is 9.15 Å². The summed E-state index contributed by atoms with van der Waals surface area (Å²) in [6.45, 7) is 2.06. The molecule has 5 nitrogen and oxygen atoms in total. The van der Waals surface area contributed by atoms with Crippen molar-refractivity contribution >= 4 is 17.5 Å². The van der Waals surface area contributed by atoms with Gasteiger partial charge in [0, 0.05) is 5.56 Å². The lowest BCUT2D eigenvalue weighted by Gasteiger charge is -2.03. The van der Waals surface area contributed by atoms with Gasteiger partial charge in [0.15, 0.2) is 24.0 Å². The normalized spacial score (nSPS) is 10.7. The highest BCUT2D eigenvalue weighted by molar-refractivity contribution is 7.99. The maximum atomic E-state index is 13.2. The number of halogens is 2. The minimum absolute atomic E-state index is 0.0363. The zero-order valence-corrected chi connectivity index (χ0v) is 14.6. The van der Waals surface area contributed by atoms with Gasteiger partial charge in [-0.25, -0.2) is 8.78 Å². The predicted molar refractivity (Wildman–Crippen MR) is 91.2 cm³/mol. The van der Waals surface area contributed by atoms with Crippen LogP contribution in [0.25, 0.3) is 0 Å². The van der Waals surface area contributed by atoms with Crippen molar-refractivity contribution in [2.45, 2.75) is 18.8 Å². The number of hydrogen-bond donors (Lipinski definition) is 0. The first-order valence-corrected chi connectivity index (χ1v) is 8.63. The van der Waals surface area contributed by atoms with Crippen LogP contribution in [0.2, 0.25) is 0 Å². The van der Waals surface area contributed by atoms with Crippen molar-refractivity contribution in [1.29, 1.82) is 0 Å². The molecule has 0 aliphatic carbocycles. The highest BCUT2D eigenvalue weighted by Gasteiger charge is 2.13. The van der Waals surface area contributed by atoms with E-state index in [0.29, 0.717) is 5.75 Å². The van der Waals surface area contributed by atoms with Crippen LogP contribution in [-0.2, 0) is 6.61 Å². The Balaban J connectivity index is 1.53. The number of thioether (sulfide) groups is 1. The lowest BCUT2D eigenvalue weighted by atomic mass is 10.1. The van der Waals surface area contributed by atoms with E-state index in [2.05, 4.69) is 10.2 Å². The van der Waals surface area contributed by atoms with Crippen LogP contribution >= 0.6 is 11.8 Å². The molecule has 134 valence electrons. The van der Waals surface area contributed by atoms with Gasteiger partial charge in [-0.15, -0.1) is 10.2 Å². The Kier molecular flexibility index (Phi) is 5.62. The molecule has 0 bridgehead atoms. The Morgan fingerprint density at radius 2 is 2.00 bits per heavy atom. The molecule has 0 N–H and O–H groups in total. The first-order chi connectivity index (χ1) is 12.5. The number of aromatic nitrogens is 2. The fourth-order valence-corrected chi connectivity index (χ4v) is 2.76. The summed E-state index contributed by atoms with van der Waals surface area (Å²) < 4.78 is 37.0. The molecule has 0 amide bonds. The van der Waals surface area contributed by atoms with Gasteiger partial charge in [0.2, 0.25) is 0 Å². The van der Waals surface area contributed by atoms with E-state index in [1.807, 2.05) is 31.2 Å².